The van der Waals surface area contributed by atoms with Gasteiger partial charge in [0.05, 0.1) is 11.9 Å². The second-order valence-electron chi connectivity index (χ2n) is 9.89. The van der Waals surface area contributed by atoms with E-state index in [0.717, 1.165) is 47.7 Å². The molecule has 6 nitrogen and oxygen atoms in total. The molecule has 178 valence electrons. The molecular weight excluding hydrogens is 424 g/mol. The molecule has 0 fully saturated rings. The van der Waals surface area contributed by atoms with Crippen LogP contribution in [0.4, 0.5) is 11.4 Å². The molecule has 0 spiro atoms. The largest absolute Gasteiger partial charge is 0.372 e. The molecule has 1 aliphatic carbocycles. The molecule has 2 N–H and O–H groups in total. The summed E-state index contributed by atoms with van der Waals surface area (Å²) < 4.78 is 0. The molecule has 1 unspecified atom stereocenters. The van der Waals surface area contributed by atoms with Crippen LogP contribution in [0.2, 0.25) is 0 Å². The molecule has 1 aromatic heterocycles. The first kappa shape index (κ1) is 23.7. The van der Waals surface area contributed by atoms with Gasteiger partial charge in [-0.1, -0.05) is 26.0 Å². The SMILES string of the molecule is CCN(CC)c1ccc(C2C(C(=O)Nc3cccnc3)=C(C)NC3=C2C(=O)CC(C)(C)C3)cc1. The van der Waals surface area contributed by atoms with E-state index < -0.39 is 5.92 Å². The fourth-order valence-corrected chi connectivity index (χ4v) is 5.17. The zero-order valence-corrected chi connectivity index (χ0v) is 20.7. The normalized spacial score (nSPS) is 19.4. The molecule has 6 heteroatoms. The summed E-state index contributed by atoms with van der Waals surface area (Å²) in [5.41, 5.74) is 5.61. The smallest absolute Gasteiger partial charge is 0.254 e. The van der Waals surface area contributed by atoms with Crippen LogP contribution < -0.4 is 15.5 Å². The lowest BCUT2D eigenvalue weighted by Crippen LogP contribution is -2.39. The third kappa shape index (κ3) is 4.63. The number of carbonyl (C=O) groups is 2. The number of hydrogen-bond donors (Lipinski definition) is 2. The molecule has 2 aliphatic rings. The number of aromatic nitrogens is 1. The molecule has 1 aromatic carbocycles. The van der Waals surface area contributed by atoms with Gasteiger partial charge in [0.1, 0.15) is 0 Å². The Bertz CT molecular complexity index is 1140. The molecule has 34 heavy (non-hydrogen) atoms. The van der Waals surface area contributed by atoms with Gasteiger partial charge in [-0.15, -0.1) is 0 Å². The summed E-state index contributed by atoms with van der Waals surface area (Å²) in [6, 6.07) is 11.9. The van der Waals surface area contributed by atoms with Crippen molar-refractivity contribution in [3.8, 4) is 0 Å². The van der Waals surface area contributed by atoms with Crippen LogP contribution in [-0.4, -0.2) is 29.8 Å². The van der Waals surface area contributed by atoms with Crippen molar-refractivity contribution in [1.29, 1.82) is 0 Å². The molecule has 1 amide bonds. The van der Waals surface area contributed by atoms with E-state index in [4.69, 9.17) is 0 Å². The maximum absolute atomic E-state index is 13.6. The van der Waals surface area contributed by atoms with E-state index in [1.807, 2.05) is 13.0 Å². The monoisotopic (exact) mass is 458 g/mol. The molecular formula is C28H34N4O2. The zero-order valence-electron chi connectivity index (χ0n) is 20.7. The standard InChI is InChI=1S/C28H34N4O2/c1-6-32(7-2)21-12-10-19(11-13-21)25-24(27(34)31-20-9-8-14-29-17-20)18(3)30-22-15-28(4,5)16-23(33)26(22)25/h8-14,17,25,30H,6-7,15-16H2,1-5H3,(H,31,34). The number of Topliss-reactive ketones (excluding diaryl/α,β-unsaturated/α-hetero) is 1. The van der Waals surface area contributed by atoms with E-state index in [1.165, 1.54) is 0 Å². The van der Waals surface area contributed by atoms with Gasteiger partial charge in [0.15, 0.2) is 5.78 Å². The lowest BCUT2D eigenvalue weighted by molar-refractivity contribution is -0.118. The van der Waals surface area contributed by atoms with Crippen molar-refractivity contribution in [2.45, 2.75) is 53.4 Å². The van der Waals surface area contributed by atoms with Crippen LogP contribution in [0.15, 0.2) is 71.3 Å². The van der Waals surface area contributed by atoms with Gasteiger partial charge in [-0.2, -0.15) is 0 Å². The Labute approximate surface area is 202 Å². The number of rotatable bonds is 6. The Hall–Kier alpha value is -3.41. The Morgan fingerprint density at radius 2 is 1.85 bits per heavy atom. The molecule has 1 atom stereocenters. The maximum Gasteiger partial charge on any atom is 0.254 e. The van der Waals surface area contributed by atoms with Crippen molar-refractivity contribution in [1.82, 2.24) is 10.3 Å². The van der Waals surface area contributed by atoms with Crippen LogP contribution in [0, 0.1) is 5.41 Å². The van der Waals surface area contributed by atoms with Crippen LogP contribution in [0.1, 0.15) is 58.9 Å². The van der Waals surface area contributed by atoms with Crippen LogP contribution in [0.25, 0.3) is 0 Å². The highest BCUT2D eigenvalue weighted by atomic mass is 16.2. The van der Waals surface area contributed by atoms with Crippen molar-refractivity contribution >= 4 is 23.1 Å². The van der Waals surface area contributed by atoms with Gasteiger partial charge in [-0.25, -0.2) is 0 Å². The van der Waals surface area contributed by atoms with Gasteiger partial charge < -0.3 is 15.5 Å². The number of benzene rings is 1. The van der Waals surface area contributed by atoms with Crippen LogP contribution in [0.5, 0.6) is 0 Å². The number of hydrogen-bond acceptors (Lipinski definition) is 5. The number of ketones is 1. The first-order valence-electron chi connectivity index (χ1n) is 12.0. The van der Waals surface area contributed by atoms with Crippen molar-refractivity contribution in [3.63, 3.8) is 0 Å². The van der Waals surface area contributed by atoms with Gasteiger partial charge in [-0.05, 0) is 62.4 Å². The predicted octanol–water partition coefficient (Wildman–Crippen LogP) is 5.17. The lowest BCUT2D eigenvalue weighted by atomic mass is 9.68. The molecule has 2 aromatic rings. The summed E-state index contributed by atoms with van der Waals surface area (Å²) in [5, 5.41) is 6.40. The Balaban J connectivity index is 1.79. The summed E-state index contributed by atoms with van der Waals surface area (Å²) >= 11 is 0. The Kier molecular flexibility index (Phi) is 6.60. The van der Waals surface area contributed by atoms with Crippen LogP contribution in [0.3, 0.4) is 0 Å². The third-order valence-corrected chi connectivity index (χ3v) is 6.76. The summed E-state index contributed by atoms with van der Waals surface area (Å²) in [4.78, 5) is 33.4. The Morgan fingerprint density at radius 1 is 1.15 bits per heavy atom. The number of nitrogens with one attached hydrogen (secondary N) is 2. The minimum absolute atomic E-state index is 0.107. The maximum atomic E-state index is 13.6. The molecule has 2 heterocycles. The van der Waals surface area contributed by atoms with Gasteiger partial charge in [0.25, 0.3) is 5.91 Å². The van der Waals surface area contributed by atoms with Gasteiger partial charge in [0.2, 0.25) is 0 Å². The molecule has 0 bridgehead atoms. The van der Waals surface area contributed by atoms with Gasteiger partial charge >= 0.3 is 0 Å². The number of dihydropyridines is 1. The summed E-state index contributed by atoms with van der Waals surface area (Å²) in [7, 11) is 0. The van der Waals surface area contributed by atoms with E-state index in [0.29, 0.717) is 17.7 Å². The fourth-order valence-electron chi connectivity index (χ4n) is 5.17. The van der Waals surface area contributed by atoms with Crippen molar-refractivity contribution in [3.05, 3.63) is 76.9 Å². The zero-order chi connectivity index (χ0) is 24.5. The topological polar surface area (TPSA) is 74.3 Å². The average molecular weight is 459 g/mol. The summed E-state index contributed by atoms with van der Waals surface area (Å²) in [6.45, 7) is 12.3. The second kappa shape index (κ2) is 9.45. The molecule has 0 saturated heterocycles. The number of carbonyl (C=O) groups excluding carboxylic acids is 2. The van der Waals surface area contributed by atoms with Gasteiger partial charge in [0, 0.05) is 59.9 Å². The van der Waals surface area contributed by atoms with Gasteiger partial charge in [-0.3, -0.25) is 14.6 Å². The first-order chi connectivity index (χ1) is 16.2. The number of anilines is 2. The molecule has 0 radical (unpaired) electrons. The van der Waals surface area contributed by atoms with E-state index in [9.17, 15) is 9.59 Å². The molecule has 0 saturated carbocycles. The van der Waals surface area contributed by atoms with Crippen LogP contribution in [-0.2, 0) is 9.59 Å². The fraction of sp³-hybridized carbons (Fsp3) is 0.393. The molecule has 1 aliphatic heterocycles. The second-order valence-corrected chi connectivity index (χ2v) is 9.89. The minimum Gasteiger partial charge on any atom is -0.372 e. The summed E-state index contributed by atoms with van der Waals surface area (Å²) in [6.07, 6.45) is 4.54. The summed E-state index contributed by atoms with van der Waals surface area (Å²) in [5.74, 6) is -0.530. The quantitative estimate of drug-likeness (QED) is 0.625. The Morgan fingerprint density at radius 3 is 2.47 bits per heavy atom. The van der Waals surface area contributed by atoms with Crippen LogP contribution >= 0.6 is 0 Å². The van der Waals surface area contributed by atoms with Crippen molar-refractivity contribution < 1.29 is 9.59 Å². The van der Waals surface area contributed by atoms with Crippen molar-refractivity contribution in [2.75, 3.05) is 23.3 Å². The number of amides is 1. The van der Waals surface area contributed by atoms with E-state index >= 15 is 0 Å². The first-order valence-corrected chi connectivity index (χ1v) is 12.0. The van der Waals surface area contributed by atoms with Crippen molar-refractivity contribution in [2.24, 2.45) is 5.41 Å². The minimum atomic E-state index is -0.415. The van der Waals surface area contributed by atoms with E-state index in [2.05, 4.69) is 72.5 Å². The highest BCUT2D eigenvalue weighted by Gasteiger charge is 2.42. The highest BCUT2D eigenvalue weighted by Crippen LogP contribution is 2.46. The number of allylic oxidation sites excluding steroid dienone is 3. The molecule has 4 rings (SSSR count). The van der Waals surface area contributed by atoms with E-state index in [-0.39, 0.29) is 17.1 Å². The number of nitrogens with zero attached hydrogens (tertiary/aromatic N) is 2. The van der Waals surface area contributed by atoms with E-state index in [1.54, 1.807) is 18.5 Å². The predicted molar refractivity (Wildman–Crippen MR) is 136 cm³/mol. The lowest BCUT2D eigenvalue weighted by Gasteiger charge is -2.39. The number of pyridine rings is 1. The highest BCUT2D eigenvalue weighted by molar-refractivity contribution is 6.09. The third-order valence-electron chi connectivity index (χ3n) is 6.76. The average Bonchev–Trinajstić information content (AvgIpc) is 2.79.